The number of benzene rings is 1. The summed E-state index contributed by atoms with van der Waals surface area (Å²) in [6.45, 7) is 0. The summed E-state index contributed by atoms with van der Waals surface area (Å²) in [6.07, 6.45) is 0. The molecule has 4 nitrogen and oxygen atoms in total. The smallest absolute Gasteiger partial charge is 0.379 e. The van der Waals surface area contributed by atoms with E-state index in [9.17, 15) is 18.7 Å². The van der Waals surface area contributed by atoms with Crippen LogP contribution in [-0.2, 0) is 10.7 Å². The molecule has 1 aromatic carbocycles. The minimum atomic E-state index is -4.02. The minimum Gasteiger partial charge on any atom is -0.504 e. The van der Waals surface area contributed by atoms with E-state index >= 15 is 0 Å². The van der Waals surface area contributed by atoms with Gasteiger partial charge in [0.05, 0.1) is 7.11 Å². The summed E-state index contributed by atoms with van der Waals surface area (Å²) in [5.74, 6) is -6.83. The number of halogens is 2. The quantitative estimate of drug-likeness (QED) is 0.808. The van der Waals surface area contributed by atoms with Crippen molar-refractivity contribution < 1.29 is 28.5 Å². The lowest BCUT2D eigenvalue weighted by molar-refractivity contribution is -0.166. The molecule has 0 aliphatic rings. The van der Waals surface area contributed by atoms with E-state index in [1.807, 2.05) is 0 Å². The number of phenols is 1. The van der Waals surface area contributed by atoms with Crippen molar-refractivity contribution in [2.24, 2.45) is 0 Å². The fourth-order valence-corrected chi connectivity index (χ4v) is 1.01. The van der Waals surface area contributed by atoms with Crippen LogP contribution in [0.4, 0.5) is 8.78 Å². The Balaban J connectivity index is 3.18. The molecule has 0 heterocycles. The van der Waals surface area contributed by atoms with Gasteiger partial charge in [0.25, 0.3) is 0 Å². The molecule has 0 spiro atoms. The Hall–Kier alpha value is -1.85. The number of carboxylic acid groups (broad SMARTS) is 1. The number of ether oxygens (including phenoxy) is 1. The highest BCUT2D eigenvalue weighted by atomic mass is 19.3. The zero-order valence-electron chi connectivity index (χ0n) is 7.70. The fraction of sp³-hybridized carbons (Fsp3) is 0.222. The maximum absolute atomic E-state index is 12.9. The van der Waals surface area contributed by atoms with Crippen molar-refractivity contribution in [2.75, 3.05) is 7.11 Å². The SMILES string of the molecule is COc1ccc(C(F)(F)C(=O)O)cc1O. The van der Waals surface area contributed by atoms with Gasteiger partial charge in [-0.1, -0.05) is 0 Å². The van der Waals surface area contributed by atoms with Gasteiger partial charge in [0.15, 0.2) is 11.5 Å². The Morgan fingerprint density at radius 3 is 2.47 bits per heavy atom. The molecule has 15 heavy (non-hydrogen) atoms. The van der Waals surface area contributed by atoms with Crippen LogP contribution in [-0.4, -0.2) is 23.3 Å². The average molecular weight is 218 g/mol. The van der Waals surface area contributed by atoms with Crippen molar-refractivity contribution in [3.63, 3.8) is 0 Å². The monoisotopic (exact) mass is 218 g/mol. The normalized spacial score (nSPS) is 11.1. The van der Waals surface area contributed by atoms with E-state index in [1.165, 1.54) is 7.11 Å². The van der Waals surface area contributed by atoms with E-state index in [1.54, 1.807) is 0 Å². The highest BCUT2D eigenvalue weighted by molar-refractivity contribution is 5.77. The molecule has 0 saturated carbocycles. The van der Waals surface area contributed by atoms with E-state index in [0.29, 0.717) is 6.07 Å². The lowest BCUT2D eigenvalue weighted by Crippen LogP contribution is -2.25. The van der Waals surface area contributed by atoms with Crippen molar-refractivity contribution in [1.29, 1.82) is 0 Å². The van der Waals surface area contributed by atoms with Gasteiger partial charge in [0.2, 0.25) is 0 Å². The van der Waals surface area contributed by atoms with Gasteiger partial charge in [-0.15, -0.1) is 0 Å². The van der Waals surface area contributed by atoms with Crippen molar-refractivity contribution in [1.82, 2.24) is 0 Å². The Labute approximate surface area is 83.7 Å². The van der Waals surface area contributed by atoms with Crippen molar-refractivity contribution in [3.05, 3.63) is 23.8 Å². The van der Waals surface area contributed by atoms with Crippen LogP contribution in [0.5, 0.6) is 11.5 Å². The van der Waals surface area contributed by atoms with Crippen LogP contribution < -0.4 is 4.74 Å². The molecule has 0 aliphatic heterocycles. The molecular formula is C9H8F2O4. The number of aromatic hydroxyl groups is 1. The Morgan fingerprint density at radius 2 is 2.07 bits per heavy atom. The standard InChI is InChI=1S/C9H8F2O4/c1-15-7-3-2-5(4-6(7)12)9(10,11)8(13)14/h2-4,12H,1H3,(H,13,14). The number of phenolic OH excluding ortho intramolecular Hbond substituents is 1. The second-order valence-electron chi connectivity index (χ2n) is 2.77. The fourth-order valence-electron chi connectivity index (χ4n) is 1.01. The summed E-state index contributed by atoms with van der Waals surface area (Å²) in [4.78, 5) is 10.2. The summed E-state index contributed by atoms with van der Waals surface area (Å²) in [5.41, 5.74) is -0.798. The lowest BCUT2D eigenvalue weighted by Gasteiger charge is -2.12. The number of methoxy groups -OCH3 is 1. The van der Waals surface area contributed by atoms with Crippen molar-refractivity contribution >= 4 is 5.97 Å². The van der Waals surface area contributed by atoms with Crippen LogP contribution in [0.2, 0.25) is 0 Å². The van der Waals surface area contributed by atoms with Gasteiger partial charge >= 0.3 is 11.9 Å². The zero-order valence-corrected chi connectivity index (χ0v) is 7.70. The molecular weight excluding hydrogens is 210 g/mol. The van der Waals surface area contributed by atoms with Gasteiger partial charge in [-0.05, 0) is 18.2 Å². The van der Waals surface area contributed by atoms with E-state index in [4.69, 9.17) is 5.11 Å². The summed E-state index contributed by atoms with van der Waals surface area (Å²) in [7, 11) is 1.25. The summed E-state index contributed by atoms with van der Waals surface area (Å²) in [5, 5.41) is 17.4. The number of hydrogen-bond acceptors (Lipinski definition) is 3. The topological polar surface area (TPSA) is 66.8 Å². The first-order valence-electron chi connectivity index (χ1n) is 3.88. The highest BCUT2D eigenvalue weighted by Crippen LogP contribution is 2.34. The van der Waals surface area contributed by atoms with Crippen molar-refractivity contribution in [2.45, 2.75) is 5.92 Å². The maximum atomic E-state index is 12.9. The average Bonchev–Trinajstić information content (AvgIpc) is 2.17. The Bertz CT molecular complexity index is 390. The molecule has 0 amide bonds. The molecule has 0 atom stereocenters. The molecule has 0 bridgehead atoms. The van der Waals surface area contributed by atoms with E-state index in [0.717, 1.165) is 12.1 Å². The summed E-state index contributed by atoms with van der Waals surface area (Å²) >= 11 is 0. The predicted molar refractivity (Wildman–Crippen MR) is 46.2 cm³/mol. The number of rotatable bonds is 3. The summed E-state index contributed by atoms with van der Waals surface area (Å²) < 4.78 is 30.5. The molecule has 2 N–H and O–H groups in total. The number of carboxylic acids is 1. The Morgan fingerprint density at radius 1 is 1.47 bits per heavy atom. The Kier molecular flexibility index (Phi) is 2.78. The molecule has 0 saturated heterocycles. The third-order valence-electron chi connectivity index (χ3n) is 1.81. The molecule has 0 aliphatic carbocycles. The number of alkyl halides is 2. The minimum absolute atomic E-state index is 0.0000567. The van der Waals surface area contributed by atoms with E-state index in [-0.39, 0.29) is 5.75 Å². The van der Waals surface area contributed by atoms with Gasteiger partial charge in [-0.3, -0.25) is 0 Å². The van der Waals surface area contributed by atoms with Crippen LogP contribution in [0, 0.1) is 0 Å². The van der Waals surface area contributed by atoms with Crippen LogP contribution in [0.25, 0.3) is 0 Å². The second kappa shape index (κ2) is 3.72. The van der Waals surface area contributed by atoms with Crippen LogP contribution in [0.3, 0.4) is 0 Å². The van der Waals surface area contributed by atoms with Gasteiger partial charge < -0.3 is 14.9 Å². The molecule has 0 radical (unpaired) electrons. The molecule has 82 valence electrons. The van der Waals surface area contributed by atoms with Gasteiger partial charge in [0.1, 0.15) is 0 Å². The van der Waals surface area contributed by atoms with Crippen LogP contribution >= 0.6 is 0 Å². The number of hydrogen-bond donors (Lipinski definition) is 2. The molecule has 0 fully saturated rings. The second-order valence-corrected chi connectivity index (χ2v) is 2.77. The largest absolute Gasteiger partial charge is 0.504 e. The van der Waals surface area contributed by atoms with Crippen LogP contribution in [0.1, 0.15) is 5.56 Å². The van der Waals surface area contributed by atoms with Crippen molar-refractivity contribution in [3.8, 4) is 11.5 Å². The van der Waals surface area contributed by atoms with Crippen LogP contribution in [0.15, 0.2) is 18.2 Å². The first-order valence-corrected chi connectivity index (χ1v) is 3.88. The molecule has 0 aromatic heterocycles. The van der Waals surface area contributed by atoms with Gasteiger partial charge in [0, 0.05) is 5.56 Å². The first-order chi connectivity index (χ1) is 6.89. The third-order valence-corrected chi connectivity index (χ3v) is 1.81. The predicted octanol–water partition coefficient (Wildman–Crippen LogP) is 1.58. The zero-order chi connectivity index (χ0) is 11.6. The molecule has 1 aromatic rings. The summed E-state index contributed by atoms with van der Waals surface area (Å²) in [6, 6.07) is 2.61. The number of aliphatic carboxylic acids is 1. The van der Waals surface area contributed by atoms with Gasteiger partial charge in [-0.2, -0.15) is 8.78 Å². The first kappa shape index (κ1) is 11.2. The van der Waals surface area contributed by atoms with E-state index < -0.39 is 23.2 Å². The molecule has 6 heteroatoms. The van der Waals surface area contributed by atoms with E-state index in [2.05, 4.69) is 4.74 Å². The molecule has 1 rings (SSSR count). The third kappa shape index (κ3) is 1.98. The number of carbonyl (C=O) groups is 1. The maximum Gasteiger partial charge on any atom is 0.379 e. The lowest BCUT2D eigenvalue weighted by atomic mass is 10.1. The highest BCUT2D eigenvalue weighted by Gasteiger charge is 2.41. The van der Waals surface area contributed by atoms with Gasteiger partial charge in [-0.25, -0.2) is 4.79 Å². The molecule has 0 unspecified atom stereocenters.